The van der Waals surface area contributed by atoms with E-state index in [4.69, 9.17) is 23.7 Å². The van der Waals surface area contributed by atoms with E-state index in [1.54, 1.807) is 24.3 Å². The van der Waals surface area contributed by atoms with E-state index in [-0.39, 0.29) is 36.4 Å². The number of hydrogen-bond acceptors (Lipinski definition) is 8. The molecular weight excluding hydrogens is 715 g/mol. The first-order valence-electron chi connectivity index (χ1n) is 20.1. The van der Waals surface area contributed by atoms with Gasteiger partial charge in [-0.25, -0.2) is 8.78 Å². The van der Waals surface area contributed by atoms with Crippen molar-refractivity contribution in [1.29, 1.82) is 0 Å². The summed E-state index contributed by atoms with van der Waals surface area (Å²) in [4.78, 5) is 2.20. The monoisotopic (exact) mass is 774 g/mol. The third-order valence-corrected chi connectivity index (χ3v) is 9.92. The summed E-state index contributed by atoms with van der Waals surface area (Å²) >= 11 is 0. The van der Waals surface area contributed by atoms with E-state index < -0.39 is 6.10 Å². The van der Waals surface area contributed by atoms with Crippen LogP contribution in [0.15, 0.2) is 109 Å². The Labute approximate surface area is 332 Å². The Kier molecular flexibility index (Phi) is 18.9. The van der Waals surface area contributed by atoms with Crippen LogP contribution in [0.25, 0.3) is 0 Å². The molecule has 0 radical (unpaired) electrons. The number of halogens is 2. The summed E-state index contributed by atoms with van der Waals surface area (Å²) in [6.45, 7) is 9.90. The second-order valence-corrected chi connectivity index (χ2v) is 14.7. The number of hydrogen-bond donors (Lipinski definition) is 2. The smallest absolute Gasteiger partial charge is 0.157 e. The van der Waals surface area contributed by atoms with Gasteiger partial charge >= 0.3 is 0 Å². The Balaban J connectivity index is 0.000000181. The molecule has 10 heteroatoms. The number of aliphatic hydroxyl groups excluding tert-OH is 1. The Morgan fingerprint density at radius 1 is 0.696 bits per heavy atom. The van der Waals surface area contributed by atoms with Crippen LogP contribution in [0.3, 0.4) is 0 Å². The molecule has 3 saturated heterocycles. The van der Waals surface area contributed by atoms with Crippen molar-refractivity contribution < 1.29 is 37.6 Å². The highest BCUT2D eigenvalue weighted by atomic mass is 19.1. The molecule has 6 atom stereocenters. The van der Waals surface area contributed by atoms with Crippen LogP contribution >= 0.6 is 0 Å². The Morgan fingerprint density at radius 3 is 1.77 bits per heavy atom. The zero-order chi connectivity index (χ0) is 39.4. The molecule has 3 aliphatic heterocycles. The van der Waals surface area contributed by atoms with Crippen LogP contribution in [0.5, 0.6) is 0 Å². The van der Waals surface area contributed by atoms with Gasteiger partial charge in [-0.1, -0.05) is 84.9 Å². The summed E-state index contributed by atoms with van der Waals surface area (Å²) in [6.07, 6.45) is 6.01. The standard InChI is InChI=1S/C23H30FNO3.C15H23NO2.C8H7FO/c1-18(17-28-23-9-5-6-14-27-23)25(15-19-7-3-2-4-8-19)16-22(26)20-10-12-21(24)13-11-20;1-13(12-18-15-9-5-6-10-17-15)16-11-14-7-3-2-4-8-14;9-7-3-1-6(2-4-7)8-5-10-8/h2-4,7-8,10-13,18,22-23,26H,5-6,9,14-17H2,1H3;2-4,7-8,13,15-16H,5-6,9-12H2,1H3;1-4,8H,5H2/t18-,22+,23?;13-,15?;8-/m110/s1. The molecule has 8 nitrogen and oxygen atoms in total. The molecule has 2 unspecified atom stereocenters. The van der Waals surface area contributed by atoms with E-state index in [0.29, 0.717) is 37.9 Å². The Morgan fingerprint density at radius 2 is 1.23 bits per heavy atom. The quantitative estimate of drug-likeness (QED) is 0.109. The van der Waals surface area contributed by atoms with E-state index in [1.807, 2.05) is 24.3 Å². The molecule has 0 bridgehead atoms. The second-order valence-electron chi connectivity index (χ2n) is 14.7. The summed E-state index contributed by atoms with van der Waals surface area (Å²) in [5, 5.41) is 14.2. The molecule has 0 aliphatic carbocycles. The molecule has 0 aromatic heterocycles. The van der Waals surface area contributed by atoms with Crippen LogP contribution in [0.2, 0.25) is 0 Å². The number of epoxide rings is 1. The van der Waals surface area contributed by atoms with Crippen LogP contribution in [0, 0.1) is 11.6 Å². The number of nitrogens with one attached hydrogen (secondary N) is 1. The summed E-state index contributed by atoms with van der Waals surface area (Å²) in [5.74, 6) is -0.490. The van der Waals surface area contributed by atoms with E-state index in [9.17, 15) is 13.9 Å². The molecule has 3 fully saturated rings. The molecule has 0 amide bonds. The van der Waals surface area contributed by atoms with Crippen LogP contribution < -0.4 is 5.32 Å². The molecule has 3 heterocycles. The van der Waals surface area contributed by atoms with Gasteiger partial charge in [0.15, 0.2) is 12.6 Å². The highest BCUT2D eigenvalue weighted by Gasteiger charge is 2.24. The van der Waals surface area contributed by atoms with Gasteiger partial charge in [-0.05, 0) is 98.9 Å². The fourth-order valence-corrected chi connectivity index (χ4v) is 6.38. The van der Waals surface area contributed by atoms with Crippen molar-refractivity contribution >= 4 is 0 Å². The van der Waals surface area contributed by atoms with Crippen LogP contribution in [-0.4, -0.2) is 74.2 Å². The minimum absolute atomic E-state index is 0.0136. The van der Waals surface area contributed by atoms with Gasteiger partial charge in [0.25, 0.3) is 0 Å². The van der Waals surface area contributed by atoms with Gasteiger partial charge in [0.2, 0.25) is 0 Å². The topological polar surface area (TPSA) is 85.0 Å². The largest absolute Gasteiger partial charge is 0.387 e. The van der Waals surface area contributed by atoms with Crippen LogP contribution in [-0.2, 0) is 36.8 Å². The number of ether oxygens (including phenoxy) is 5. The normalized spacial score (nSPS) is 20.8. The lowest BCUT2D eigenvalue weighted by molar-refractivity contribution is -0.170. The predicted molar refractivity (Wildman–Crippen MR) is 215 cm³/mol. The number of nitrogens with zero attached hydrogens (tertiary/aromatic N) is 1. The minimum Gasteiger partial charge on any atom is -0.387 e. The molecule has 4 aromatic carbocycles. The molecular formula is C46H60F2N2O6. The molecule has 2 N–H and O–H groups in total. The van der Waals surface area contributed by atoms with E-state index in [2.05, 4.69) is 60.5 Å². The maximum Gasteiger partial charge on any atom is 0.157 e. The highest BCUT2D eigenvalue weighted by molar-refractivity contribution is 5.21. The van der Waals surface area contributed by atoms with Crippen molar-refractivity contribution in [3.63, 3.8) is 0 Å². The fourth-order valence-electron chi connectivity index (χ4n) is 6.38. The first-order chi connectivity index (χ1) is 27.3. The van der Waals surface area contributed by atoms with Crippen molar-refractivity contribution in [3.05, 3.63) is 143 Å². The van der Waals surface area contributed by atoms with Gasteiger partial charge in [0.1, 0.15) is 17.7 Å². The van der Waals surface area contributed by atoms with Gasteiger partial charge in [-0.2, -0.15) is 0 Å². The molecule has 4 aromatic rings. The van der Waals surface area contributed by atoms with Gasteiger partial charge in [-0.3, -0.25) is 4.90 Å². The average molecular weight is 775 g/mol. The summed E-state index contributed by atoms with van der Waals surface area (Å²) in [5.41, 5.74) is 4.26. The lowest BCUT2D eigenvalue weighted by Crippen LogP contribution is -2.40. The van der Waals surface area contributed by atoms with Crippen molar-refractivity contribution in [2.75, 3.05) is 39.6 Å². The van der Waals surface area contributed by atoms with Gasteiger partial charge in [0.05, 0.1) is 25.9 Å². The number of rotatable bonds is 16. The molecule has 56 heavy (non-hydrogen) atoms. The SMILES string of the molecule is C[C@H](COC1CCCCO1)N(Cc1ccccc1)C[C@H](O)c1ccc(F)cc1.C[C@H](COC1CCCCO1)NCc1ccccc1.Fc1ccc([C@@H]2CO2)cc1. The van der Waals surface area contributed by atoms with E-state index in [1.165, 1.54) is 48.2 Å². The third-order valence-electron chi connectivity index (χ3n) is 9.92. The van der Waals surface area contributed by atoms with Crippen molar-refractivity contribution in [3.8, 4) is 0 Å². The van der Waals surface area contributed by atoms with Crippen LogP contribution in [0.4, 0.5) is 8.78 Å². The van der Waals surface area contributed by atoms with E-state index >= 15 is 0 Å². The summed E-state index contributed by atoms with van der Waals surface area (Å²) < 4.78 is 53.4. The molecule has 0 spiro atoms. The molecule has 3 aliphatic rings. The highest BCUT2D eigenvalue weighted by Crippen LogP contribution is 2.29. The molecule has 7 rings (SSSR count). The minimum atomic E-state index is -0.697. The summed E-state index contributed by atoms with van der Waals surface area (Å²) in [6, 6.07) is 33.5. The van der Waals surface area contributed by atoms with Crippen molar-refractivity contribution in [2.24, 2.45) is 0 Å². The number of aliphatic hydroxyl groups is 1. The number of benzene rings is 4. The lowest BCUT2D eigenvalue weighted by Gasteiger charge is -2.32. The fraction of sp³-hybridized carbons (Fsp3) is 0.478. The lowest BCUT2D eigenvalue weighted by atomic mass is 10.1. The maximum absolute atomic E-state index is 13.2. The van der Waals surface area contributed by atoms with Gasteiger partial charge in [-0.15, -0.1) is 0 Å². The van der Waals surface area contributed by atoms with Crippen molar-refractivity contribution in [1.82, 2.24) is 10.2 Å². The Bertz CT molecular complexity index is 1600. The maximum atomic E-state index is 13.2. The van der Waals surface area contributed by atoms with Crippen molar-refractivity contribution in [2.45, 2.75) is 102 Å². The first-order valence-corrected chi connectivity index (χ1v) is 20.1. The third kappa shape index (κ3) is 16.5. The van der Waals surface area contributed by atoms with Gasteiger partial charge in [0, 0.05) is 44.9 Å². The molecule has 304 valence electrons. The van der Waals surface area contributed by atoms with Gasteiger partial charge < -0.3 is 34.1 Å². The van der Waals surface area contributed by atoms with E-state index in [0.717, 1.165) is 57.6 Å². The Hall–Kier alpha value is -3.58. The second kappa shape index (κ2) is 24.2. The first kappa shape index (κ1) is 43.5. The average Bonchev–Trinajstić information content (AvgIpc) is 4.10. The zero-order valence-corrected chi connectivity index (χ0v) is 32.9. The predicted octanol–water partition coefficient (Wildman–Crippen LogP) is 8.90. The molecule has 0 saturated carbocycles. The van der Waals surface area contributed by atoms with Crippen LogP contribution in [0.1, 0.15) is 86.8 Å². The zero-order valence-electron chi connectivity index (χ0n) is 32.9. The summed E-state index contributed by atoms with van der Waals surface area (Å²) in [7, 11) is 0.